The van der Waals surface area contributed by atoms with E-state index in [0.29, 0.717) is 6.54 Å². The number of benzene rings is 1. The van der Waals surface area contributed by atoms with Crippen molar-refractivity contribution in [3.63, 3.8) is 0 Å². The summed E-state index contributed by atoms with van der Waals surface area (Å²) in [6, 6.07) is 3.78. The maximum atomic E-state index is 13.9. The maximum absolute atomic E-state index is 13.9. The second-order valence-electron chi connectivity index (χ2n) is 4.96. The minimum absolute atomic E-state index is 0.0156. The molecule has 102 valence electrons. The first-order chi connectivity index (χ1) is 9.00. The highest BCUT2D eigenvalue weighted by Gasteiger charge is 2.26. The molecule has 0 radical (unpaired) electrons. The van der Waals surface area contributed by atoms with Crippen LogP contribution in [0.25, 0.3) is 0 Å². The standard InChI is InChI=1S/C13H17BFNO3/c1-9-4-2-3-7-16(9)13(17)11-6-5-10(14(18)19)8-12(11)15/h5-6,8-9,18-19H,2-4,7H2,1H3. The number of amides is 1. The molecule has 2 rings (SSSR count). The predicted octanol–water partition coefficient (Wildman–Crippen LogP) is 0.520. The van der Waals surface area contributed by atoms with E-state index in [1.165, 1.54) is 12.1 Å². The van der Waals surface area contributed by atoms with E-state index in [4.69, 9.17) is 10.0 Å². The molecule has 1 unspecified atom stereocenters. The summed E-state index contributed by atoms with van der Waals surface area (Å²) in [5, 5.41) is 17.9. The molecular weight excluding hydrogens is 248 g/mol. The van der Waals surface area contributed by atoms with Crippen LogP contribution in [-0.2, 0) is 0 Å². The Bertz CT molecular complexity index is 481. The Balaban J connectivity index is 2.23. The first kappa shape index (κ1) is 14.0. The van der Waals surface area contributed by atoms with Crippen LogP contribution in [0.1, 0.15) is 36.5 Å². The average molecular weight is 265 g/mol. The van der Waals surface area contributed by atoms with Gasteiger partial charge in [-0.2, -0.15) is 0 Å². The lowest BCUT2D eigenvalue weighted by molar-refractivity contribution is 0.0631. The van der Waals surface area contributed by atoms with Gasteiger partial charge in [0.1, 0.15) is 5.82 Å². The van der Waals surface area contributed by atoms with Crippen LogP contribution in [0.4, 0.5) is 4.39 Å². The van der Waals surface area contributed by atoms with Crippen LogP contribution in [0.2, 0.25) is 0 Å². The normalized spacial score (nSPS) is 19.4. The number of likely N-dealkylation sites (tertiary alicyclic amines) is 1. The summed E-state index contributed by atoms with van der Waals surface area (Å²) < 4.78 is 13.9. The highest BCUT2D eigenvalue weighted by atomic mass is 19.1. The molecule has 1 saturated heterocycles. The molecule has 1 atom stereocenters. The Morgan fingerprint density at radius 2 is 2.16 bits per heavy atom. The lowest BCUT2D eigenvalue weighted by atomic mass is 9.80. The molecule has 1 aliphatic rings. The number of hydrogen-bond donors (Lipinski definition) is 2. The molecule has 0 aromatic heterocycles. The van der Waals surface area contributed by atoms with Gasteiger partial charge in [-0.05, 0) is 43.8 Å². The van der Waals surface area contributed by atoms with Gasteiger partial charge in [-0.1, -0.05) is 6.07 Å². The summed E-state index contributed by atoms with van der Waals surface area (Å²) in [6.45, 7) is 2.60. The van der Waals surface area contributed by atoms with Crippen molar-refractivity contribution in [1.29, 1.82) is 0 Å². The van der Waals surface area contributed by atoms with Gasteiger partial charge in [0.05, 0.1) is 5.56 Å². The van der Waals surface area contributed by atoms with Gasteiger partial charge in [-0.3, -0.25) is 4.79 Å². The molecule has 0 spiro atoms. The van der Waals surface area contributed by atoms with E-state index in [1.807, 2.05) is 6.92 Å². The van der Waals surface area contributed by atoms with E-state index in [-0.39, 0.29) is 23.0 Å². The second-order valence-corrected chi connectivity index (χ2v) is 4.96. The zero-order chi connectivity index (χ0) is 14.0. The van der Waals surface area contributed by atoms with Crippen LogP contribution in [0.3, 0.4) is 0 Å². The quantitative estimate of drug-likeness (QED) is 0.766. The Morgan fingerprint density at radius 1 is 1.42 bits per heavy atom. The number of halogens is 1. The molecule has 1 aromatic carbocycles. The highest BCUT2D eigenvalue weighted by molar-refractivity contribution is 6.58. The lowest BCUT2D eigenvalue weighted by Gasteiger charge is -2.33. The molecule has 1 heterocycles. The molecule has 0 bridgehead atoms. The third-order valence-corrected chi connectivity index (χ3v) is 3.59. The molecular formula is C13H17BFNO3. The van der Waals surface area contributed by atoms with Crippen LogP contribution < -0.4 is 5.46 Å². The number of carbonyl (C=O) groups is 1. The van der Waals surface area contributed by atoms with Crippen molar-refractivity contribution in [1.82, 2.24) is 4.90 Å². The van der Waals surface area contributed by atoms with Crippen LogP contribution in [0.15, 0.2) is 18.2 Å². The van der Waals surface area contributed by atoms with Crippen LogP contribution in [0, 0.1) is 5.82 Å². The molecule has 1 aliphatic heterocycles. The Labute approximate surface area is 112 Å². The van der Waals surface area contributed by atoms with E-state index in [9.17, 15) is 9.18 Å². The predicted molar refractivity (Wildman–Crippen MR) is 70.6 cm³/mol. The van der Waals surface area contributed by atoms with Gasteiger partial charge in [0.25, 0.3) is 5.91 Å². The number of hydrogen-bond acceptors (Lipinski definition) is 3. The smallest absolute Gasteiger partial charge is 0.423 e. The van der Waals surface area contributed by atoms with E-state index in [2.05, 4.69) is 0 Å². The number of nitrogens with zero attached hydrogens (tertiary/aromatic N) is 1. The van der Waals surface area contributed by atoms with Crippen molar-refractivity contribution in [3.05, 3.63) is 29.6 Å². The number of carbonyl (C=O) groups excluding carboxylic acids is 1. The van der Waals surface area contributed by atoms with Crippen molar-refractivity contribution >= 4 is 18.5 Å². The van der Waals surface area contributed by atoms with Gasteiger partial charge < -0.3 is 14.9 Å². The molecule has 1 amide bonds. The van der Waals surface area contributed by atoms with Gasteiger partial charge in [0, 0.05) is 12.6 Å². The molecule has 4 nitrogen and oxygen atoms in total. The molecule has 1 fully saturated rings. The van der Waals surface area contributed by atoms with E-state index >= 15 is 0 Å². The molecule has 6 heteroatoms. The topological polar surface area (TPSA) is 60.8 Å². The number of rotatable bonds is 2. The zero-order valence-electron chi connectivity index (χ0n) is 10.8. The Kier molecular flexibility index (Phi) is 4.22. The van der Waals surface area contributed by atoms with Gasteiger partial charge >= 0.3 is 7.12 Å². The fourth-order valence-electron chi connectivity index (χ4n) is 2.42. The van der Waals surface area contributed by atoms with Crippen molar-refractivity contribution in [2.75, 3.05) is 6.54 Å². The summed E-state index contributed by atoms with van der Waals surface area (Å²) in [5.74, 6) is -1.04. The van der Waals surface area contributed by atoms with Crippen LogP contribution >= 0.6 is 0 Å². The SMILES string of the molecule is CC1CCCCN1C(=O)c1ccc(B(O)O)cc1F. The fraction of sp³-hybridized carbons (Fsp3) is 0.462. The van der Waals surface area contributed by atoms with E-state index in [1.54, 1.807) is 4.90 Å². The molecule has 1 aromatic rings. The van der Waals surface area contributed by atoms with Gasteiger partial charge in [-0.25, -0.2) is 4.39 Å². The summed E-state index contributed by atoms with van der Waals surface area (Å²) in [4.78, 5) is 14.0. The van der Waals surface area contributed by atoms with Crippen molar-refractivity contribution in [2.24, 2.45) is 0 Å². The van der Waals surface area contributed by atoms with Gasteiger partial charge in [0.2, 0.25) is 0 Å². The van der Waals surface area contributed by atoms with Crippen molar-refractivity contribution in [3.8, 4) is 0 Å². The third kappa shape index (κ3) is 2.96. The summed E-state index contributed by atoms with van der Waals surface area (Å²) in [5.41, 5.74) is 0.0268. The Hall–Kier alpha value is -1.40. The number of piperidine rings is 1. The van der Waals surface area contributed by atoms with Crippen LogP contribution in [0.5, 0.6) is 0 Å². The average Bonchev–Trinajstić information content (AvgIpc) is 2.38. The molecule has 2 N–H and O–H groups in total. The monoisotopic (exact) mass is 265 g/mol. The Morgan fingerprint density at radius 3 is 2.74 bits per heavy atom. The minimum atomic E-state index is -1.73. The van der Waals surface area contributed by atoms with Crippen molar-refractivity contribution in [2.45, 2.75) is 32.2 Å². The lowest BCUT2D eigenvalue weighted by Crippen LogP contribution is -2.42. The largest absolute Gasteiger partial charge is 0.488 e. The summed E-state index contributed by atoms with van der Waals surface area (Å²) >= 11 is 0. The minimum Gasteiger partial charge on any atom is -0.423 e. The summed E-state index contributed by atoms with van der Waals surface area (Å²) in [7, 11) is -1.73. The second kappa shape index (κ2) is 5.71. The first-order valence-corrected chi connectivity index (χ1v) is 6.47. The van der Waals surface area contributed by atoms with Gasteiger partial charge in [0.15, 0.2) is 0 Å². The summed E-state index contributed by atoms with van der Waals surface area (Å²) in [6.07, 6.45) is 2.95. The fourth-order valence-corrected chi connectivity index (χ4v) is 2.42. The molecule has 19 heavy (non-hydrogen) atoms. The maximum Gasteiger partial charge on any atom is 0.488 e. The molecule has 0 aliphatic carbocycles. The van der Waals surface area contributed by atoms with Crippen molar-refractivity contribution < 1.29 is 19.2 Å². The molecule has 0 saturated carbocycles. The van der Waals surface area contributed by atoms with Crippen LogP contribution in [-0.4, -0.2) is 40.6 Å². The van der Waals surface area contributed by atoms with E-state index in [0.717, 1.165) is 25.3 Å². The highest BCUT2D eigenvalue weighted by Crippen LogP contribution is 2.20. The van der Waals surface area contributed by atoms with Gasteiger partial charge in [-0.15, -0.1) is 0 Å². The first-order valence-electron chi connectivity index (χ1n) is 6.47. The van der Waals surface area contributed by atoms with E-state index < -0.39 is 12.9 Å². The third-order valence-electron chi connectivity index (χ3n) is 3.59. The zero-order valence-corrected chi connectivity index (χ0v) is 10.8.